The average Bonchev–Trinajstić information content (AvgIpc) is 1.70. The Morgan fingerprint density at radius 1 is 0.728 bits per heavy atom. The number of Topliss-reactive ketones (excluding diaryl/α,β-unsaturated/α-hetero) is 2. The number of allylic oxidation sites excluding steroid dienone is 5. The summed E-state index contributed by atoms with van der Waals surface area (Å²) in [6.45, 7) is 17.5. The van der Waals surface area contributed by atoms with Gasteiger partial charge >= 0.3 is 5.97 Å². The number of anilines is 2. The fourth-order valence-corrected chi connectivity index (χ4v) is 16.6. The summed E-state index contributed by atoms with van der Waals surface area (Å²) in [5.74, 6) is -7.93. The molecule has 2 bridgehead atoms. The summed E-state index contributed by atoms with van der Waals surface area (Å²) < 4.78 is 68.1. The van der Waals surface area contributed by atoms with Crippen molar-refractivity contribution >= 4 is 75.1 Å². The Balaban J connectivity index is 0.633. The fourth-order valence-electron chi connectivity index (χ4n) is 16.6. The van der Waals surface area contributed by atoms with Crippen LogP contribution < -0.4 is 33.2 Å². The number of oxazole rings is 1. The number of piperidine rings is 1. The number of esters is 1. The number of hydrogen-bond acceptors (Lipinski definition) is 30. The second kappa shape index (κ2) is 51.2. The number of fused-ring (bicyclic) bond motifs is 5. The van der Waals surface area contributed by atoms with E-state index < -0.39 is 95.7 Å². The molecule has 2 saturated heterocycles. The smallest absolute Gasteiger partial charge is 0.329 e. The Morgan fingerprint density at radius 3 is 2.11 bits per heavy atom. The van der Waals surface area contributed by atoms with Gasteiger partial charge in [-0.2, -0.15) is 10.1 Å². The molecule has 36 nitrogen and oxygen atoms in total. The summed E-state index contributed by atoms with van der Waals surface area (Å²) in [6.07, 6.45) is 16.5. The first-order chi connectivity index (χ1) is 60.2. The van der Waals surface area contributed by atoms with Crippen molar-refractivity contribution in [2.45, 2.75) is 244 Å². The minimum atomic E-state index is -2.48. The number of carbonyl (C=O) groups is 7. The number of aryl methyl sites for hydroxylation is 2. The third-order valence-electron chi connectivity index (χ3n) is 23.8. The van der Waals surface area contributed by atoms with Gasteiger partial charge in [-0.1, -0.05) is 69.4 Å². The molecule has 5 aromatic rings. The van der Waals surface area contributed by atoms with Gasteiger partial charge in [0.2, 0.25) is 23.5 Å². The molecule has 9 rings (SSSR count). The number of unbranched alkanes of at least 4 members (excludes halogenated alkanes) is 1. The standard InChI is InChI=1S/C89H135N15O21/c1-10-122-72-53-73(123-87(113)69-22-14-16-35-102(69)86(112)83(111)89(114)61(7)24-27-65(125-89)52-71(115-8)57(3)20-13-11-12-19-56(2)47-59(5)80(108)82(110)81(109)60(6)48-58(72)4)66(90)49-62-25-28-68(74(50-62)116-9)104-54-64(99-101-104)21-18-23-75(105)94-33-39-120-44-46-121-45-42-118-38-31-77(107)95-34-40-119-43-41-117-37-30-76(106)93-32-15-17-36-103-85-78(84(91)96-55-97-85)79(100-103)63-26-29-70-67(51-63)98-88(92)124-70/h11-13,19-20,26,29,48,51,54-56,58-59,61-62,65-66,68-69,71-74,81-82,109-110,114H,10,14-18,21-25,27-28,30-47,49-50,52-53,90H2,1-9H3,(H2,92,98)(H,93,106)(H,94,105)(H,95,107)(H2,91,96,97)/b13-11+,19-12+,57-20+,60-48+/t56-,58-,59-,61-,62+,65+,66-,68+,69+,71+,72-,73+,74-,81-,82+,89-/m1/s1. The van der Waals surface area contributed by atoms with Crippen LogP contribution in [0.5, 0.6) is 0 Å². The van der Waals surface area contributed by atoms with Gasteiger partial charge in [0.25, 0.3) is 17.7 Å². The Morgan fingerprint density at radius 2 is 1.42 bits per heavy atom. The van der Waals surface area contributed by atoms with E-state index in [9.17, 15) is 48.9 Å². The van der Waals surface area contributed by atoms with E-state index in [0.29, 0.717) is 195 Å². The highest BCUT2D eigenvalue weighted by molar-refractivity contribution is 6.39. The maximum atomic E-state index is 14.9. The third-order valence-corrected chi connectivity index (χ3v) is 23.8. The van der Waals surface area contributed by atoms with Crippen LogP contribution in [0.4, 0.5) is 11.8 Å². The molecule has 16 atom stereocenters. The van der Waals surface area contributed by atoms with Gasteiger partial charge in [-0.3, -0.25) is 28.8 Å². The van der Waals surface area contributed by atoms with Crippen LogP contribution in [0.3, 0.4) is 0 Å². The molecule has 36 heteroatoms. The molecule has 7 heterocycles. The Hall–Kier alpha value is -8.89. The number of aliphatic hydroxyl groups excluding tert-OH is 2. The number of nitrogen functional groups attached to an aromatic ring is 2. The lowest BCUT2D eigenvalue weighted by Gasteiger charge is -2.43. The number of cyclic esters (lactones) is 1. The molecule has 4 aromatic heterocycles. The van der Waals surface area contributed by atoms with Crippen molar-refractivity contribution in [3.05, 3.63) is 84.0 Å². The molecule has 125 heavy (non-hydrogen) atoms. The van der Waals surface area contributed by atoms with E-state index in [1.54, 1.807) is 51.8 Å². The summed E-state index contributed by atoms with van der Waals surface area (Å²) in [6, 6.07) is 3.39. The van der Waals surface area contributed by atoms with E-state index in [-0.39, 0.29) is 113 Å². The van der Waals surface area contributed by atoms with Gasteiger partial charge in [0.15, 0.2) is 17.0 Å². The number of ketones is 2. The van der Waals surface area contributed by atoms with E-state index in [4.69, 9.17) is 74.1 Å². The normalized spacial score (nSPS) is 27.2. The summed E-state index contributed by atoms with van der Waals surface area (Å²) in [5, 5.41) is 58.1. The number of aromatic nitrogens is 8. The molecule has 0 spiro atoms. The van der Waals surface area contributed by atoms with Crippen molar-refractivity contribution in [2.24, 2.45) is 35.3 Å². The summed E-state index contributed by atoms with van der Waals surface area (Å²) >= 11 is 0. The summed E-state index contributed by atoms with van der Waals surface area (Å²) in [4.78, 5) is 109. The number of aliphatic hydroxyl groups is 3. The molecule has 1 saturated carbocycles. The maximum absolute atomic E-state index is 14.9. The van der Waals surface area contributed by atoms with Gasteiger partial charge in [0.05, 0.1) is 108 Å². The van der Waals surface area contributed by atoms with Crippen LogP contribution in [0.15, 0.2) is 82.7 Å². The molecule has 1 aromatic carbocycles. The second-order valence-electron chi connectivity index (χ2n) is 33.3. The highest BCUT2D eigenvalue weighted by Crippen LogP contribution is 2.40. The van der Waals surface area contributed by atoms with Crippen LogP contribution in [0.1, 0.15) is 176 Å². The number of nitrogens with zero attached hydrogens (tertiary/aromatic N) is 9. The summed E-state index contributed by atoms with van der Waals surface area (Å²) in [5.41, 5.74) is 24.4. The number of ether oxygens (including phenoxy) is 10. The molecule has 3 fully saturated rings. The molecule has 4 amide bonds. The largest absolute Gasteiger partial charge is 0.459 e. The van der Waals surface area contributed by atoms with Gasteiger partial charge in [-0.05, 0) is 152 Å². The molecule has 12 N–H and O–H groups in total. The Labute approximate surface area is 731 Å². The van der Waals surface area contributed by atoms with Gasteiger partial charge in [0, 0.05) is 121 Å². The number of nitrogens with two attached hydrogens (primary N) is 3. The number of rotatable bonds is 39. The van der Waals surface area contributed by atoms with Crippen molar-refractivity contribution in [1.82, 2.24) is 60.6 Å². The zero-order chi connectivity index (χ0) is 90.0. The van der Waals surface area contributed by atoms with Crippen LogP contribution in [0.25, 0.3) is 33.4 Å². The first kappa shape index (κ1) is 99.9. The van der Waals surface area contributed by atoms with Gasteiger partial charge in [-0.25, -0.2) is 24.1 Å². The first-order valence-corrected chi connectivity index (χ1v) is 44.4. The predicted molar refractivity (Wildman–Crippen MR) is 464 cm³/mol. The second-order valence-corrected chi connectivity index (χ2v) is 33.3. The first-order valence-electron chi connectivity index (χ1n) is 44.4. The molecule has 4 aliphatic rings. The Bertz CT molecular complexity index is 4380. The van der Waals surface area contributed by atoms with Crippen molar-refractivity contribution in [3.63, 3.8) is 0 Å². The van der Waals surface area contributed by atoms with Gasteiger partial charge in [0.1, 0.15) is 47.7 Å². The highest BCUT2D eigenvalue weighted by Gasteiger charge is 2.53. The van der Waals surface area contributed by atoms with E-state index in [1.807, 2.05) is 81.1 Å². The van der Waals surface area contributed by atoms with Crippen molar-refractivity contribution in [3.8, 4) is 11.3 Å². The number of benzene rings is 1. The molecule has 0 unspecified atom stereocenters. The maximum Gasteiger partial charge on any atom is 0.329 e. The quantitative estimate of drug-likeness (QED) is 0.00860. The highest BCUT2D eigenvalue weighted by atomic mass is 16.6. The zero-order valence-electron chi connectivity index (χ0n) is 74.2. The third kappa shape index (κ3) is 30.1. The lowest BCUT2D eigenvalue weighted by Crippen LogP contribution is -2.61. The van der Waals surface area contributed by atoms with Gasteiger partial charge in [-0.15, -0.1) is 5.10 Å². The van der Waals surface area contributed by atoms with E-state index in [1.165, 1.54) is 11.2 Å². The number of carbonyl (C=O) groups excluding carboxylic acids is 7. The van der Waals surface area contributed by atoms with Crippen molar-refractivity contribution in [2.75, 3.05) is 125 Å². The molecule has 692 valence electrons. The molecule has 3 aliphatic heterocycles. The molecule has 1 aliphatic carbocycles. The minimum Gasteiger partial charge on any atom is -0.459 e. The van der Waals surface area contributed by atoms with Crippen LogP contribution in [-0.2, 0) is 93.9 Å². The Kier molecular flexibility index (Phi) is 40.9. The number of nitrogens with one attached hydrogen (secondary N) is 3. The lowest BCUT2D eigenvalue weighted by molar-refractivity contribution is -0.265. The number of hydrogen-bond donors (Lipinski definition) is 9. The predicted octanol–water partition coefficient (Wildman–Crippen LogP) is 6.65. The van der Waals surface area contributed by atoms with E-state index >= 15 is 0 Å². The number of methoxy groups -OCH3 is 2. The van der Waals surface area contributed by atoms with Crippen LogP contribution in [0.2, 0.25) is 0 Å². The molecular formula is C89H135N15O21. The van der Waals surface area contributed by atoms with Crippen molar-refractivity contribution in [1.29, 1.82) is 0 Å². The van der Waals surface area contributed by atoms with E-state index in [2.05, 4.69) is 41.2 Å². The lowest BCUT2D eigenvalue weighted by atomic mass is 9.79. The summed E-state index contributed by atoms with van der Waals surface area (Å²) in [7, 11) is 3.21. The average molecular weight is 1750 g/mol. The fraction of sp³-hybridized carbons (Fsp3) is 0.674. The van der Waals surface area contributed by atoms with E-state index in [0.717, 1.165) is 23.3 Å². The van der Waals surface area contributed by atoms with Crippen LogP contribution >= 0.6 is 0 Å². The van der Waals surface area contributed by atoms with Crippen molar-refractivity contribution < 1.29 is 101 Å². The number of amides is 4. The van der Waals surface area contributed by atoms with Crippen LogP contribution in [0, 0.1) is 29.6 Å². The molecular weight excluding hydrogens is 1620 g/mol. The monoisotopic (exact) mass is 1750 g/mol. The molecule has 0 radical (unpaired) electrons. The zero-order valence-corrected chi connectivity index (χ0v) is 74.2. The minimum absolute atomic E-state index is 0.0154. The van der Waals surface area contributed by atoms with Gasteiger partial charge < -0.3 is 105 Å². The SMILES string of the molecule is CCO[C@@H]1C[C@@H]([C@H](N)C[C@@H]2CC[C@H](n3cc(CCCC(=O)NCCOCCOCCOCCC(=O)NCCOCCOCCC(=O)NCCCCn4nc(-c5ccc6oc(N)nc6c5)c5c(N)ncnc54)nn3)[C@H](OC)C2)OC(=O)[C@@H]2CCCCN2C(=O)C(=O)[C@]2(O)O[C@@H](CC[C@H]2C)C[C@H](OC)/C(C)=C/C=C/C=C/[C@@H](C)C[C@@H](C)C(=O)[C@H](O)[C@H](O)/C(C)=C/[C@H]1C. The topological polar surface area (TPSA) is 490 Å². The van der Waals surface area contributed by atoms with Crippen LogP contribution in [-0.4, -0.2) is 275 Å².